The van der Waals surface area contributed by atoms with Crippen molar-refractivity contribution in [1.82, 2.24) is 14.9 Å². The van der Waals surface area contributed by atoms with Gasteiger partial charge in [-0.3, -0.25) is 9.88 Å². The zero-order chi connectivity index (χ0) is 16.9. The van der Waals surface area contributed by atoms with Gasteiger partial charge in [0.1, 0.15) is 0 Å². The van der Waals surface area contributed by atoms with Crippen molar-refractivity contribution < 1.29 is 22.6 Å². The summed E-state index contributed by atoms with van der Waals surface area (Å²) in [6, 6.07) is 0. The zero-order valence-electron chi connectivity index (χ0n) is 13.4. The number of aromatic nitrogens is 2. The van der Waals surface area contributed by atoms with Gasteiger partial charge in [0, 0.05) is 12.6 Å². The summed E-state index contributed by atoms with van der Waals surface area (Å²) in [4.78, 5) is 9.09. The maximum absolute atomic E-state index is 11.9. The standard InChI is InChI=1S/C9H17NO.C6H5F3N2O/c1-11-8-9-4-2-6-10(9)7-3-5-9;1-12-5-3-10-2-4(11-5)6(7,8)9/h2-8H2,1H3;2-3H,1H3. The summed E-state index contributed by atoms with van der Waals surface area (Å²) in [7, 11) is 3.05. The van der Waals surface area contributed by atoms with Gasteiger partial charge in [0.15, 0.2) is 5.69 Å². The van der Waals surface area contributed by atoms with Crippen LogP contribution in [0.25, 0.3) is 0 Å². The first kappa shape index (κ1) is 17.9. The molecule has 1 aromatic rings. The molecule has 0 saturated carbocycles. The summed E-state index contributed by atoms with van der Waals surface area (Å²) < 4.78 is 45.6. The molecule has 3 rings (SSSR count). The Morgan fingerprint density at radius 2 is 1.83 bits per heavy atom. The lowest BCUT2D eigenvalue weighted by molar-refractivity contribution is -0.141. The second-order valence-corrected chi connectivity index (χ2v) is 5.80. The molecule has 0 radical (unpaired) electrons. The number of nitrogens with zero attached hydrogens (tertiary/aromatic N) is 3. The van der Waals surface area contributed by atoms with Crippen molar-refractivity contribution in [1.29, 1.82) is 0 Å². The topological polar surface area (TPSA) is 47.5 Å². The van der Waals surface area contributed by atoms with Gasteiger partial charge in [-0.2, -0.15) is 13.2 Å². The predicted octanol–water partition coefficient (Wildman–Crippen LogP) is 2.77. The molecule has 2 aliphatic heterocycles. The van der Waals surface area contributed by atoms with Crippen molar-refractivity contribution in [3.63, 3.8) is 0 Å². The fourth-order valence-corrected chi connectivity index (χ4v) is 3.31. The molecule has 2 aliphatic rings. The second-order valence-electron chi connectivity index (χ2n) is 5.80. The summed E-state index contributed by atoms with van der Waals surface area (Å²) >= 11 is 0. The molecule has 0 atom stereocenters. The SMILES string of the molecule is COCC12CCCN1CCC2.COc1cncc(C(F)(F)F)n1. The lowest BCUT2D eigenvalue weighted by Crippen LogP contribution is -2.42. The zero-order valence-corrected chi connectivity index (χ0v) is 13.4. The van der Waals surface area contributed by atoms with Crippen LogP contribution in [0, 0.1) is 0 Å². The number of hydrogen-bond acceptors (Lipinski definition) is 5. The number of methoxy groups -OCH3 is 2. The monoisotopic (exact) mass is 333 g/mol. The summed E-state index contributed by atoms with van der Waals surface area (Å²) in [6.45, 7) is 3.57. The summed E-state index contributed by atoms with van der Waals surface area (Å²) in [5, 5.41) is 0. The van der Waals surface area contributed by atoms with E-state index < -0.39 is 11.9 Å². The molecule has 0 aliphatic carbocycles. The average molecular weight is 333 g/mol. The van der Waals surface area contributed by atoms with E-state index in [0.29, 0.717) is 11.7 Å². The number of hydrogen-bond donors (Lipinski definition) is 0. The highest BCUT2D eigenvalue weighted by atomic mass is 19.4. The van der Waals surface area contributed by atoms with Gasteiger partial charge in [0.2, 0.25) is 5.88 Å². The van der Waals surface area contributed by atoms with Gasteiger partial charge in [-0.25, -0.2) is 4.98 Å². The molecule has 1 aromatic heterocycles. The maximum atomic E-state index is 11.9. The van der Waals surface area contributed by atoms with Gasteiger partial charge in [-0.05, 0) is 38.8 Å². The molecule has 8 heteroatoms. The van der Waals surface area contributed by atoms with E-state index in [9.17, 15) is 13.2 Å². The van der Waals surface area contributed by atoms with E-state index in [1.54, 1.807) is 0 Å². The van der Waals surface area contributed by atoms with Crippen LogP contribution >= 0.6 is 0 Å². The summed E-state index contributed by atoms with van der Waals surface area (Å²) in [5.74, 6) is -0.148. The van der Waals surface area contributed by atoms with Gasteiger partial charge in [-0.15, -0.1) is 0 Å². The number of halogens is 3. The third-order valence-corrected chi connectivity index (χ3v) is 4.34. The van der Waals surface area contributed by atoms with Crippen molar-refractivity contribution in [2.45, 2.75) is 37.4 Å². The van der Waals surface area contributed by atoms with Crippen LogP contribution < -0.4 is 4.74 Å². The third kappa shape index (κ3) is 4.32. The van der Waals surface area contributed by atoms with Crippen molar-refractivity contribution in [3.8, 4) is 5.88 Å². The number of ether oxygens (including phenoxy) is 2. The maximum Gasteiger partial charge on any atom is 0.435 e. The van der Waals surface area contributed by atoms with Crippen LogP contribution in [-0.4, -0.2) is 54.3 Å². The van der Waals surface area contributed by atoms with Crippen LogP contribution in [0.3, 0.4) is 0 Å². The van der Waals surface area contributed by atoms with Crippen molar-refractivity contribution >= 4 is 0 Å². The first-order valence-electron chi connectivity index (χ1n) is 7.58. The minimum Gasteiger partial charge on any atom is -0.480 e. The van der Waals surface area contributed by atoms with E-state index in [-0.39, 0.29) is 5.88 Å². The lowest BCUT2D eigenvalue weighted by Gasteiger charge is -2.30. The first-order valence-corrected chi connectivity index (χ1v) is 7.58. The Balaban J connectivity index is 0.000000167. The van der Waals surface area contributed by atoms with E-state index in [2.05, 4.69) is 19.6 Å². The highest BCUT2D eigenvalue weighted by Crippen LogP contribution is 2.38. The minimum absolute atomic E-state index is 0.148. The van der Waals surface area contributed by atoms with E-state index in [1.165, 1.54) is 45.9 Å². The number of alkyl halides is 3. The van der Waals surface area contributed by atoms with Crippen molar-refractivity contribution in [2.24, 2.45) is 0 Å². The number of fused-ring (bicyclic) bond motifs is 1. The van der Waals surface area contributed by atoms with Crippen LogP contribution in [0.5, 0.6) is 5.88 Å². The summed E-state index contributed by atoms with van der Waals surface area (Å²) in [6.07, 6.45) is 2.76. The molecule has 0 spiro atoms. The third-order valence-electron chi connectivity index (χ3n) is 4.34. The molecule has 3 heterocycles. The van der Waals surface area contributed by atoms with E-state index in [4.69, 9.17) is 4.74 Å². The predicted molar refractivity (Wildman–Crippen MR) is 78.2 cm³/mol. The molecule has 130 valence electrons. The van der Waals surface area contributed by atoms with Gasteiger partial charge >= 0.3 is 6.18 Å². The summed E-state index contributed by atoms with van der Waals surface area (Å²) in [5.41, 5.74) is -0.587. The molecule has 23 heavy (non-hydrogen) atoms. The normalized spacial score (nSPS) is 19.9. The van der Waals surface area contributed by atoms with Gasteiger partial charge in [-0.1, -0.05) is 0 Å². The molecule has 2 fully saturated rings. The van der Waals surface area contributed by atoms with Crippen LogP contribution in [0.1, 0.15) is 31.4 Å². The molecule has 0 N–H and O–H groups in total. The molecular formula is C15H22F3N3O2. The second kappa shape index (κ2) is 7.44. The number of rotatable bonds is 3. The average Bonchev–Trinajstić information content (AvgIpc) is 3.07. The van der Waals surface area contributed by atoms with Crippen LogP contribution in [0.15, 0.2) is 12.4 Å². The van der Waals surface area contributed by atoms with Gasteiger partial charge in [0.05, 0.1) is 26.1 Å². The molecule has 0 aromatic carbocycles. The highest BCUT2D eigenvalue weighted by molar-refractivity contribution is 5.10. The van der Waals surface area contributed by atoms with Crippen molar-refractivity contribution in [3.05, 3.63) is 18.1 Å². The Bertz CT molecular complexity index is 501. The van der Waals surface area contributed by atoms with E-state index in [0.717, 1.165) is 12.8 Å². The first-order chi connectivity index (χ1) is 10.9. The van der Waals surface area contributed by atoms with Crippen LogP contribution in [0.4, 0.5) is 13.2 Å². The van der Waals surface area contributed by atoms with E-state index in [1.807, 2.05) is 7.11 Å². The molecule has 5 nitrogen and oxygen atoms in total. The van der Waals surface area contributed by atoms with Gasteiger partial charge in [0.25, 0.3) is 0 Å². The van der Waals surface area contributed by atoms with E-state index >= 15 is 0 Å². The van der Waals surface area contributed by atoms with Gasteiger partial charge < -0.3 is 9.47 Å². The highest BCUT2D eigenvalue weighted by Gasteiger charge is 2.43. The largest absolute Gasteiger partial charge is 0.480 e. The molecule has 0 unspecified atom stereocenters. The molecular weight excluding hydrogens is 311 g/mol. The Morgan fingerprint density at radius 1 is 1.17 bits per heavy atom. The Morgan fingerprint density at radius 3 is 2.35 bits per heavy atom. The molecule has 0 amide bonds. The van der Waals surface area contributed by atoms with Crippen LogP contribution in [-0.2, 0) is 10.9 Å². The van der Waals surface area contributed by atoms with Crippen LogP contribution in [0.2, 0.25) is 0 Å². The Kier molecular flexibility index (Phi) is 5.80. The fourth-order valence-electron chi connectivity index (χ4n) is 3.31. The Hall–Kier alpha value is -1.41. The fraction of sp³-hybridized carbons (Fsp3) is 0.733. The Labute approximate surface area is 133 Å². The lowest BCUT2D eigenvalue weighted by atomic mass is 9.95. The smallest absolute Gasteiger partial charge is 0.435 e. The molecule has 0 bridgehead atoms. The van der Waals surface area contributed by atoms with Crippen molar-refractivity contribution in [2.75, 3.05) is 33.9 Å². The minimum atomic E-state index is -4.47. The quantitative estimate of drug-likeness (QED) is 0.851. The molecule has 2 saturated heterocycles.